The first-order chi connectivity index (χ1) is 25.8. The second kappa shape index (κ2) is 32.7. The van der Waals surface area contributed by atoms with Crippen LogP contribution in [0.15, 0.2) is 122 Å². The Bertz CT molecular complexity index is 1270. The van der Waals surface area contributed by atoms with Gasteiger partial charge in [0.05, 0.1) is 13.2 Å². The highest BCUT2D eigenvalue weighted by atomic mass is 16.7. The molecule has 0 spiro atoms. The maximum absolute atomic E-state index is 12.6. The number of carbonyl (C=O) groups excluding carboxylic acids is 2. The molecule has 294 valence electrons. The standard InChI is InChI=1S/C43H62O10/c1-3-5-7-9-11-13-15-17-19-21-23-25-27-29-31-38(45)50-34-36(35-51-43-42(49)41(48)40(47)37(33-44)53-43)52-39(46)32-30-28-26-24-22-20-18-16-14-12-10-8-6-4-2/h5-8,11-14,17-20,23-26,29-32,36-37,40-44,47-49H,3-4,9-10,15-16,21-22,27-28,33-35H2,1-2H3/b7-5-,8-6-,13-11-,14-12-,19-17-,20-18-,25-23-,26-24-,31-29-,32-30-/t36?,37-,40+,41+,42-,43-/m1/s1. The maximum Gasteiger partial charge on any atom is 0.330 e. The van der Waals surface area contributed by atoms with Crippen LogP contribution in [-0.2, 0) is 28.5 Å². The van der Waals surface area contributed by atoms with Crippen LogP contribution in [0.1, 0.15) is 78.1 Å². The molecule has 6 atom stereocenters. The molecule has 10 heteroatoms. The summed E-state index contributed by atoms with van der Waals surface area (Å²) >= 11 is 0. The zero-order valence-electron chi connectivity index (χ0n) is 31.4. The third kappa shape index (κ3) is 24.9. The van der Waals surface area contributed by atoms with Crippen molar-refractivity contribution in [3.8, 4) is 0 Å². The lowest BCUT2D eigenvalue weighted by atomic mass is 9.99. The molecule has 0 bridgehead atoms. The van der Waals surface area contributed by atoms with E-state index in [2.05, 4.69) is 86.8 Å². The van der Waals surface area contributed by atoms with E-state index < -0.39 is 55.4 Å². The number of rotatable bonds is 27. The van der Waals surface area contributed by atoms with E-state index in [4.69, 9.17) is 18.9 Å². The van der Waals surface area contributed by atoms with Crippen molar-refractivity contribution >= 4 is 11.9 Å². The predicted molar refractivity (Wildman–Crippen MR) is 209 cm³/mol. The molecule has 0 amide bonds. The molecule has 1 aliphatic heterocycles. The molecule has 1 heterocycles. The number of hydrogen-bond donors (Lipinski definition) is 4. The lowest BCUT2D eigenvalue weighted by Gasteiger charge is -2.39. The smallest absolute Gasteiger partial charge is 0.330 e. The van der Waals surface area contributed by atoms with Crippen LogP contribution in [0.25, 0.3) is 0 Å². The Kier molecular flexibility index (Phi) is 29.1. The molecular weight excluding hydrogens is 676 g/mol. The van der Waals surface area contributed by atoms with Crippen molar-refractivity contribution in [2.24, 2.45) is 0 Å². The van der Waals surface area contributed by atoms with Gasteiger partial charge in [-0.3, -0.25) is 0 Å². The third-order valence-electron chi connectivity index (χ3n) is 7.48. The number of ether oxygens (including phenoxy) is 4. The van der Waals surface area contributed by atoms with Gasteiger partial charge < -0.3 is 39.4 Å². The summed E-state index contributed by atoms with van der Waals surface area (Å²) in [6.45, 7) is 2.86. The second-order valence-electron chi connectivity index (χ2n) is 12.0. The first-order valence-electron chi connectivity index (χ1n) is 18.7. The zero-order valence-corrected chi connectivity index (χ0v) is 31.4. The van der Waals surface area contributed by atoms with E-state index >= 15 is 0 Å². The van der Waals surface area contributed by atoms with E-state index in [0.29, 0.717) is 12.8 Å². The Morgan fingerprint density at radius 2 is 0.943 bits per heavy atom. The number of hydrogen-bond acceptors (Lipinski definition) is 10. The van der Waals surface area contributed by atoms with Gasteiger partial charge in [0.1, 0.15) is 31.0 Å². The fourth-order valence-corrected chi connectivity index (χ4v) is 4.59. The lowest BCUT2D eigenvalue weighted by Crippen LogP contribution is -2.59. The molecule has 0 radical (unpaired) electrons. The molecule has 1 saturated heterocycles. The number of allylic oxidation sites excluding steroid dienone is 18. The van der Waals surface area contributed by atoms with Gasteiger partial charge >= 0.3 is 11.9 Å². The molecule has 1 rings (SSSR count). The average Bonchev–Trinajstić information content (AvgIpc) is 3.15. The highest BCUT2D eigenvalue weighted by molar-refractivity contribution is 5.82. The second-order valence-corrected chi connectivity index (χ2v) is 12.0. The van der Waals surface area contributed by atoms with Gasteiger partial charge in [-0.15, -0.1) is 0 Å². The normalized spacial score (nSPS) is 22.3. The molecule has 1 unspecified atom stereocenters. The molecule has 1 aliphatic rings. The van der Waals surface area contributed by atoms with E-state index in [1.807, 2.05) is 24.3 Å². The minimum Gasteiger partial charge on any atom is -0.458 e. The van der Waals surface area contributed by atoms with E-state index in [0.717, 1.165) is 51.4 Å². The van der Waals surface area contributed by atoms with Gasteiger partial charge in [-0.25, -0.2) is 9.59 Å². The Morgan fingerprint density at radius 3 is 1.36 bits per heavy atom. The minimum absolute atomic E-state index is 0.360. The first kappa shape index (κ1) is 47.1. The third-order valence-corrected chi connectivity index (χ3v) is 7.48. The molecule has 0 aromatic rings. The van der Waals surface area contributed by atoms with Gasteiger partial charge in [0.15, 0.2) is 12.4 Å². The highest BCUT2D eigenvalue weighted by Crippen LogP contribution is 2.22. The summed E-state index contributed by atoms with van der Waals surface area (Å²) < 4.78 is 21.6. The number of carbonyl (C=O) groups is 2. The lowest BCUT2D eigenvalue weighted by molar-refractivity contribution is -0.305. The molecule has 53 heavy (non-hydrogen) atoms. The number of esters is 2. The quantitative estimate of drug-likeness (QED) is 0.0404. The summed E-state index contributed by atoms with van der Waals surface area (Å²) in [7, 11) is 0. The van der Waals surface area contributed by atoms with Crippen LogP contribution >= 0.6 is 0 Å². The number of aliphatic hydroxyl groups excluding tert-OH is 4. The highest BCUT2D eigenvalue weighted by Gasteiger charge is 2.44. The molecule has 4 N–H and O–H groups in total. The Morgan fingerprint density at radius 1 is 0.547 bits per heavy atom. The topological polar surface area (TPSA) is 152 Å². The molecule has 1 fully saturated rings. The summed E-state index contributed by atoms with van der Waals surface area (Å²) in [6.07, 6.45) is 38.9. The largest absolute Gasteiger partial charge is 0.458 e. The Hall–Kier alpha value is -3.90. The summed E-state index contributed by atoms with van der Waals surface area (Å²) in [4.78, 5) is 24.9. The van der Waals surface area contributed by atoms with Crippen molar-refractivity contribution in [3.05, 3.63) is 122 Å². The van der Waals surface area contributed by atoms with Crippen molar-refractivity contribution in [3.63, 3.8) is 0 Å². The maximum atomic E-state index is 12.6. The van der Waals surface area contributed by atoms with Crippen molar-refractivity contribution in [2.75, 3.05) is 19.8 Å². The van der Waals surface area contributed by atoms with Crippen molar-refractivity contribution in [2.45, 2.75) is 115 Å². The fourth-order valence-electron chi connectivity index (χ4n) is 4.59. The number of aliphatic hydroxyl groups is 4. The summed E-state index contributed by atoms with van der Waals surface area (Å²) in [5.41, 5.74) is 0. The van der Waals surface area contributed by atoms with Gasteiger partial charge in [-0.1, -0.05) is 123 Å². The van der Waals surface area contributed by atoms with Crippen LogP contribution < -0.4 is 0 Å². The van der Waals surface area contributed by atoms with Crippen molar-refractivity contribution < 1.29 is 49.0 Å². The van der Waals surface area contributed by atoms with E-state index in [-0.39, 0.29) is 13.2 Å². The fraction of sp³-hybridized carbons (Fsp3) is 0.488. The molecular formula is C43H62O10. The SMILES string of the molecule is CC/C=C\C/C=C\C/C=C\C/C=C\C/C=C\C(=O)OCC(CO[C@@H]1O[C@H](CO)[C@H](O)[C@H](O)[C@H]1O)OC(=O)/C=C\C/C=C\C/C=C\C/C=C\C/C=C\CC. The predicted octanol–water partition coefficient (Wildman–Crippen LogP) is 6.76. The van der Waals surface area contributed by atoms with Gasteiger partial charge in [-0.2, -0.15) is 0 Å². The molecule has 0 aromatic heterocycles. The van der Waals surface area contributed by atoms with Crippen molar-refractivity contribution in [1.29, 1.82) is 0 Å². The van der Waals surface area contributed by atoms with Crippen LogP contribution in [0.5, 0.6) is 0 Å². The first-order valence-corrected chi connectivity index (χ1v) is 18.7. The van der Waals surface area contributed by atoms with Crippen LogP contribution in [0.4, 0.5) is 0 Å². The molecule has 0 aliphatic carbocycles. The Balaban J connectivity index is 2.59. The average molecular weight is 739 g/mol. The monoisotopic (exact) mass is 738 g/mol. The van der Waals surface area contributed by atoms with Crippen LogP contribution in [0.2, 0.25) is 0 Å². The van der Waals surface area contributed by atoms with Gasteiger partial charge in [0.25, 0.3) is 0 Å². The van der Waals surface area contributed by atoms with Gasteiger partial charge in [0, 0.05) is 12.2 Å². The molecule has 0 saturated carbocycles. The summed E-state index contributed by atoms with van der Waals surface area (Å²) in [5, 5.41) is 39.8. The van der Waals surface area contributed by atoms with E-state index in [1.165, 1.54) is 12.2 Å². The van der Waals surface area contributed by atoms with E-state index in [1.54, 1.807) is 12.2 Å². The zero-order chi connectivity index (χ0) is 38.8. The van der Waals surface area contributed by atoms with Crippen LogP contribution in [-0.4, -0.2) is 89.0 Å². The van der Waals surface area contributed by atoms with Gasteiger partial charge in [0.2, 0.25) is 0 Å². The van der Waals surface area contributed by atoms with Crippen molar-refractivity contribution in [1.82, 2.24) is 0 Å². The van der Waals surface area contributed by atoms with Gasteiger partial charge in [-0.05, 0) is 64.2 Å². The minimum atomic E-state index is -1.64. The summed E-state index contributed by atoms with van der Waals surface area (Å²) in [5.74, 6) is -1.35. The molecule has 10 nitrogen and oxygen atoms in total. The van der Waals surface area contributed by atoms with Crippen LogP contribution in [0, 0.1) is 0 Å². The summed E-state index contributed by atoms with van der Waals surface area (Å²) in [6, 6.07) is 0. The Labute approximate surface area is 316 Å². The van der Waals surface area contributed by atoms with E-state index in [9.17, 15) is 30.0 Å². The molecule has 0 aromatic carbocycles. The van der Waals surface area contributed by atoms with Crippen LogP contribution in [0.3, 0.4) is 0 Å².